The third kappa shape index (κ3) is 8.04. The van der Waals surface area contributed by atoms with E-state index in [4.69, 9.17) is 33.7 Å². The van der Waals surface area contributed by atoms with Crippen LogP contribution in [0.2, 0.25) is 0 Å². The smallest absolute Gasteiger partial charge is 0.319 e. The number of allylic oxidation sites excluding steroid dienone is 4. The minimum Gasteiger partial charge on any atom is -0.504 e. The molecule has 2 amide bonds. The Morgan fingerprint density at radius 3 is 2.58 bits per heavy atom. The average molecular weight is 564 g/mol. The van der Waals surface area contributed by atoms with Crippen molar-refractivity contribution in [1.29, 1.82) is 0 Å². The molecule has 38 heavy (non-hydrogen) atoms. The third-order valence-electron chi connectivity index (χ3n) is 6.56. The molecule has 0 fully saturated rings. The fraction of sp³-hybridized carbons (Fsp3) is 0.393. The summed E-state index contributed by atoms with van der Waals surface area (Å²) in [5.41, 5.74) is 8.88. The van der Waals surface area contributed by atoms with Crippen LogP contribution in [-0.4, -0.2) is 54.9 Å². The minimum absolute atomic E-state index is 0.0463. The molecule has 0 saturated heterocycles. The Hall–Kier alpha value is -2.91. The lowest BCUT2D eigenvalue weighted by molar-refractivity contribution is 0.241. The van der Waals surface area contributed by atoms with Crippen molar-refractivity contribution in [3.8, 4) is 28.4 Å². The molecule has 2 aromatic carbocycles. The van der Waals surface area contributed by atoms with Crippen LogP contribution >= 0.6 is 23.2 Å². The number of nitrogens with two attached hydrogens (primary N) is 1. The summed E-state index contributed by atoms with van der Waals surface area (Å²) < 4.78 is 5.16. The van der Waals surface area contributed by atoms with Gasteiger partial charge >= 0.3 is 6.03 Å². The highest BCUT2D eigenvalue weighted by Gasteiger charge is 2.23. The van der Waals surface area contributed by atoms with Gasteiger partial charge in [0.25, 0.3) is 0 Å². The second-order valence-electron chi connectivity index (χ2n) is 9.27. The zero-order valence-electron chi connectivity index (χ0n) is 21.6. The molecule has 7 N–H and O–H groups in total. The van der Waals surface area contributed by atoms with E-state index in [0.717, 1.165) is 37.1 Å². The predicted octanol–water partition coefficient (Wildman–Crippen LogP) is 4.75. The summed E-state index contributed by atoms with van der Waals surface area (Å²) in [6.45, 7) is 4.60. The van der Waals surface area contributed by atoms with E-state index >= 15 is 0 Å². The first-order chi connectivity index (χ1) is 18.2. The van der Waals surface area contributed by atoms with E-state index in [0.29, 0.717) is 29.4 Å². The first-order valence-electron chi connectivity index (χ1n) is 12.6. The molecule has 3 unspecified atom stereocenters. The number of phenols is 2. The van der Waals surface area contributed by atoms with E-state index in [1.165, 1.54) is 13.2 Å². The Morgan fingerprint density at radius 1 is 1.16 bits per heavy atom. The van der Waals surface area contributed by atoms with Crippen LogP contribution in [0.25, 0.3) is 11.1 Å². The lowest BCUT2D eigenvalue weighted by atomic mass is 9.93. The zero-order valence-corrected chi connectivity index (χ0v) is 23.1. The van der Waals surface area contributed by atoms with Gasteiger partial charge in [0.2, 0.25) is 5.75 Å². The molecule has 3 rings (SSSR count). The van der Waals surface area contributed by atoms with Gasteiger partial charge in [-0.05, 0) is 73.5 Å². The predicted molar refractivity (Wildman–Crippen MR) is 153 cm³/mol. The van der Waals surface area contributed by atoms with Crippen LogP contribution < -0.4 is 26.4 Å². The fourth-order valence-electron chi connectivity index (χ4n) is 4.22. The van der Waals surface area contributed by atoms with Crippen LogP contribution in [0, 0.1) is 5.92 Å². The highest BCUT2D eigenvalue weighted by Crippen LogP contribution is 2.39. The minimum atomic E-state index is -0.317. The van der Waals surface area contributed by atoms with E-state index in [9.17, 15) is 15.0 Å². The molecule has 0 spiro atoms. The molecule has 1 aliphatic carbocycles. The number of alkyl halides is 1. The van der Waals surface area contributed by atoms with Gasteiger partial charge in [0.05, 0.1) is 12.5 Å². The summed E-state index contributed by atoms with van der Waals surface area (Å²) >= 11 is 12.4. The summed E-state index contributed by atoms with van der Waals surface area (Å²) in [6, 6.07) is 10.7. The zero-order chi connectivity index (χ0) is 27.7. The van der Waals surface area contributed by atoms with Crippen LogP contribution in [0.3, 0.4) is 0 Å². The Bertz CT molecular complexity index is 1150. The molecule has 0 aliphatic heterocycles. The lowest BCUT2D eigenvalue weighted by Gasteiger charge is -2.24. The first kappa shape index (κ1) is 29.6. The molecular weight excluding hydrogens is 527 g/mol. The number of hydrogen-bond acceptors (Lipinski definition) is 6. The third-order valence-corrected chi connectivity index (χ3v) is 7.30. The summed E-state index contributed by atoms with van der Waals surface area (Å²) in [4.78, 5) is 12.7. The Labute approximate surface area is 233 Å². The van der Waals surface area contributed by atoms with E-state index < -0.39 is 0 Å². The van der Waals surface area contributed by atoms with Gasteiger partial charge in [-0.3, -0.25) is 0 Å². The van der Waals surface area contributed by atoms with Gasteiger partial charge in [-0.25, -0.2) is 4.79 Å². The number of carbonyl (C=O) groups excluding carboxylic acids is 1. The molecule has 1 aliphatic rings. The SMILES string of the molecule is COc1cc(-c2ccc(C(CCNCCCN)CNC(=O)NC3=CC(Cl)=CC(Cl)C3C)cc2)cc(O)c1O. The molecule has 0 aromatic heterocycles. The molecule has 206 valence electrons. The van der Waals surface area contributed by atoms with Gasteiger partial charge in [-0.15, -0.1) is 11.6 Å². The van der Waals surface area contributed by atoms with E-state index in [2.05, 4.69) is 16.0 Å². The Balaban J connectivity index is 1.70. The van der Waals surface area contributed by atoms with Crippen molar-refractivity contribution in [3.63, 3.8) is 0 Å². The number of carbonyl (C=O) groups is 1. The maximum atomic E-state index is 12.7. The van der Waals surface area contributed by atoms with E-state index in [-0.39, 0.29) is 40.5 Å². The normalized spacial score (nSPS) is 17.8. The number of phenolic OH excluding ortho intramolecular Hbond substituents is 2. The number of hydrogen-bond donors (Lipinski definition) is 6. The van der Waals surface area contributed by atoms with Crippen molar-refractivity contribution < 1.29 is 19.7 Å². The molecule has 3 atom stereocenters. The van der Waals surface area contributed by atoms with Crippen LogP contribution in [-0.2, 0) is 0 Å². The Kier molecular flexibility index (Phi) is 11.2. The number of benzene rings is 2. The number of urea groups is 1. The number of methoxy groups -OCH3 is 1. The number of nitrogens with one attached hydrogen (secondary N) is 3. The van der Waals surface area contributed by atoms with Gasteiger partial charge in [0.1, 0.15) is 0 Å². The quantitative estimate of drug-likeness (QED) is 0.126. The van der Waals surface area contributed by atoms with Crippen LogP contribution in [0.4, 0.5) is 4.79 Å². The number of amides is 2. The summed E-state index contributed by atoms with van der Waals surface area (Å²) in [5, 5.41) is 29.5. The second kappa shape index (κ2) is 14.3. The van der Waals surface area contributed by atoms with Crippen molar-refractivity contribution >= 4 is 29.2 Å². The van der Waals surface area contributed by atoms with E-state index in [1.54, 1.807) is 18.2 Å². The maximum absolute atomic E-state index is 12.7. The van der Waals surface area contributed by atoms with Gasteiger partial charge in [0.15, 0.2) is 11.5 Å². The molecule has 2 aromatic rings. The van der Waals surface area contributed by atoms with Crippen LogP contribution in [0.15, 0.2) is 59.3 Å². The molecule has 0 saturated carbocycles. The molecule has 0 radical (unpaired) electrons. The molecule has 8 nitrogen and oxygen atoms in total. The molecule has 10 heteroatoms. The highest BCUT2D eigenvalue weighted by molar-refractivity contribution is 6.32. The summed E-state index contributed by atoms with van der Waals surface area (Å²) in [7, 11) is 1.43. The monoisotopic (exact) mass is 562 g/mol. The number of halogens is 2. The lowest BCUT2D eigenvalue weighted by Crippen LogP contribution is -2.40. The summed E-state index contributed by atoms with van der Waals surface area (Å²) in [5.74, 6) is -0.374. The van der Waals surface area contributed by atoms with Gasteiger partial charge in [-0.1, -0.05) is 42.8 Å². The van der Waals surface area contributed by atoms with Crippen molar-refractivity contribution in [3.05, 3.63) is 64.8 Å². The maximum Gasteiger partial charge on any atom is 0.319 e. The molecule has 0 heterocycles. The van der Waals surface area contributed by atoms with Crippen molar-refractivity contribution in [2.45, 2.75) is 31.1 Å². The van der Waals surface area contributed by atoms with Crippen molar-refractivity contribution in [2.75, 3.05) is 33.3 Å². The molecular formula is C28H36Cl2N4O4. The standard InChI is InChI=1S/C28H36Cl2N4O4/c1-17-23(30)14-22(29)15-24(17)34-28(37)33-16-20(8-11-32-10-3-9-31)18-4-6-19(7-5-18)21-12-25(35)27(36)26(13-21)38-2/h4-7,12-15,17,20,23,32,35-36H,3,8-11,16,31H2,1-2H3,(H2,33,34,37). The fourth-order valence-corrected chi connectivity index (χ4v) is 4.80. The topological polar surface area (TPSA) is 129 Å². The van der Waals surface area contributed by atoms with E-state index in [1.807, 2.05) is 31.2 Å². The second-order valence-corrected chi connectivity index (χ2v) is 10.2. The first-order valence-corrected chi connectivity index (χ1v) is 13.4. The van der Waals surface area contributed by atoms with Crippen molar-refractivity contribution in [1.82, 2.24) is 16.0 Å². The Morgan fingerprint density at radius 2 is 1.89 bits per heavy atom. The van der Waals surface area contributed by atoms with Crippen molar-refractivity contribution in [2.24, 2.45) is 11.7 Å². The van der Waals surface area contributed by atoms with Gasteiger partial charge in [-0.2, -0.15) is 0 Å². The number of ether oxygens (including phenoxy) is 1. The highest BCUT2D eigenvalue weighted by atomic mass is 35.5. The van der Waals surface area contributed by atoms with Gasteiger partial charge in [0, 0.05) is 29.1 Å². The van der Waals surface area contributed by atoms with Gasteiger partial charge < -0.3 is 36.6 Å². The average Bonchev–Trinajstić information content (AvgIpc) is 2.90. The van der Waals surface area contributed by atoms with Crippen LogP contribution in [0.1, 0.15) is 31.2 Å². The van der Waals surface area contributed by atoms with Crippen LogP contribution in [0.5, 0.6) is 17.2 Å². The number of rotatable bonds is 12. The summed E-state index contributed by atoms with van der Waals surface area (Å²) in [6.07, 6.45) is 5.17. The molecule has 0 bridgehead atoms. The number of aromatic hydroxyl groups is 2. The largest absolute Gasteiger partial charge is 0.504 e.